The molecule has 0 saturated carbocycles. The summed E-state index contributed by atoms with van der Waals surface area (Å²) in [7, 11) is 0. The Balaban J connectivity index is 2.41. The third kappa shape index (κ3) is 1.97. The van der Waals surface area contributed by atoms with E-state index in [0.717, 1.165) is 25.8 Å². The first kappa shape index (κ1) is 7.06. The lowest BCUT2D eigenvalue weighted by Crippen LogP contribution is -2.22. The summed E-state index contributed by atoms with van der Waals surface area (Å²) in [4.78, 5) is 10.8. The molecule has 1 aliphatic rings. The van der Waals surface area contributed by atoms with Crippen LogP contribution >= 0.6 is 15.9 Å². The zero-order valence-corrected chi connectivity index (χ0v) is 6.73. The Morgan fingerprint density at radius 1 is 1.56 bits per heavy atom. The first-order valence-corrected chi connectivity index (χ1v) is 4.07. The van der Waals surface area contributed by atoms with Gasteiger partial charge in [-0.15, -0.1) is 0 Å². The van der Waals surface area contributed by atoms with E-state index < -0.39 is 0 Å². The molecule has 3 heteroatoms. The van der Waals surface area contributed by atoms with Crippen LogP contribution in [0.25, 0.3) is 0 Å². The first-order valence-electron chi connectivity index (χ1n) is 3.16. The first-order chi connectivity index (χ1) is 4.30. The van der Waals surface area contributed by atoms with E-state index in [-0.39, 0.29) is 10.7 Å². The van der Waals surface area contributed by atoms with Crippen LogP contribution in [0.3, 0.4) is 0 Å². The molecular formula is C6H9BrNO. The minimum absolute atomic E-state index is 0.000000000000000222. The van der Waals surface area contributed by atoms with Crippen LogP contribution in [0.15, 0.2) is 0 Å². The van der Waals surface area contributed by atoms with Crippen molar-refractivity contribution in [1.82, 2.24) is 5.32 Å². The third-order valence-corrected chi connectivity index (χ3v) is 2.25. The average Bonchev–Trinajstić information content (AvgIpc) is 1.99. The highest BCUT2D eigenvalue weighted by Gasteiger charge is 2.17. The molecule has 9 heavy (non-hydrogen) atoms. The van der Waals surface area contributed by atoms with Crippen molar-refractivity contribution < 1.29 is 4.79 Å². The van der Waals surface area contributed by atoms with E-state index in [1.807, 2.05) is 0 Å². The van der Waals surface area contributed by atoms with Gasteiger partial charge in [0.05, 0.1) is 4.83 Å². The maximum absolute atomic E-state index is 10.8. The minimum Gasteiger partial charge on any atom is -0.272 e. The molecule has 1 saturated heterocycles. The Hall–Kier alpha value is -0.0500. The second kappa shape index (κ2) is 3.20. The maximum atomic E-state index is 10.8. The third-order valence-electron chi connectivity index (χ3n) is 1.40. The van der Waals surface area contributed by atoms with Gasteiger partial charge >= 0.3 is 0 Å². The number of rotatable bonds is 0. The van der Waals surface area contributed by atoms with Gasteiger partial charge in [0.2, 0.25) is 0 Å². The Morgan fingerprint density at radius 3 is 3.11 bits per heavy atom. The van der Waals surface area contributed by atoms with Crippen LogP contribution in [-0.4, -0.2) is 17.3 Å². The van der Waals surface area contributed by atoms with E-state index in [1.165, 1.54) is 0 Å². The number of hydrogen-bond donors (Lipinski definition) is 0. The summed E-state index contributed by atoms with van der Waals surface area (Å²) in [5.41, 5.74) is 0. The van der Waals surface area contributed by atoms with E-state index in [1.54, 1.807) is 0 Å². The number of carbonyl (C=O) groups excluding carboxylic acids is 1. The van der Waals surface area contributed by atoms with E-state index in [4.69, 9.17) is 0 Å². The van der Waals surface area contributed by atoms with E-state index in [0.29, 0.717) is 0 Å². The highest BCUT2D eigenvalue weighted by Crippen LogP contribution is 2.13. The van der Waals surface area contributed by atoms with Gasteiger partial charge in [-0.3, -0.25) is 10.1 Å². The molecule has 0 spiro atoms. The lowest BCUT2D eigenvalue weighted by molar-refractivity contribution is -0.120. The van der Waals surface area contributed by atoms with E-state index in [9.17, 15) is 4.79 Å². The van der Waals surface area contributed by atoms with Crippen LogP contribution in [0.2, 0.25) is 0 Å². The fourth-order valence-electron chi connectivity index (χ4n) is 0.847. The van der Waals surface area contributed by atoms with Crippen LogP contribution in [0, 0.1) is 0 Å². The summed E-state index contributed by atoms with van der Waals surface area (Å²) in [6.45, 7) is 0.723. The van der Waals surface area contributed by atoms with Crippen molar-refractivity contribution in [3.8, 4) is 0 Å². The maximum Gasteiger partial charge on any atom is 0.254 e. The van der Waals surface area contributed by atoms with E-state index in [2.05, 4.69) is 21.2 Å². The van der Waals surface area contributed by atoms with Crippen molar-refractivity contribution in [2.75, 3.05) is 6.54 Å². The fraction of sp³-hybridized carbons (Fsp3) is 0.833. The Kier molecular flexibility index (Phi) is 2.51. The molecule has 2 nitrogen and oxygen atoms in total. The fourth-order valence-corrected chi connectivity index (χ4v) is 1.32. The normalized spacial score (nSPS) is 29.0. The Labute approximate surface area is 63.1 Å². The number of carbonyl (C=O) groups is 1. The van der Waals surface area contributed by atoms with Crippen LogP contribution in [0.5, 0.6) is 0 Å². The zero-order valence-electron chi connectivity index (χ0n) is 5.14. The molecule has 1 heterocycles. The molecule has 0 aliphatic carbocycles. The number of halogens is 1. The predicted molar refractivity (Wildman–Crippen MR) is 38.6 cm³/mol. The molecule has 0 aromatic carbocycles. The summed E-state index contributed by atoms with van der Waals surface area (Å²) in [5.74, 6) is 0.0208. The van der Waals surface area contributed by atoms with Crippen LogP contribution in [-0.2, 0) is 4.79 Å². The molecule has 0 aromatic rings. The molecule has 0 N–H and O–H groups in total. The second-order valence-electron chi connectivity index (χ2n) is 2.18. The quantitative estimate of drug-likeness (QED) is 0.526. The topological polar surface area (TPSA) is 31.2 Å². The van der Waals surface area contributed by atoms with Gasteiger partial charge < -0.3 is 0 Å². The van der Waals surface area contributed by atoms with E-state index >= 15 is 0 Å². The van der Waals surface area contributed by atoms with Gasteiger partial charge in [-0.25, -0.2) is 0 Å². The Morgan fingerprint density at radius 2 is 2.33 bits per heavy atom. The smallest absolute Gasteiger partial charge is 0.254 e. The monoisotopic (exact) mass is 190 g/mol. The number of hydrogen-bond acceptors (Lipinski definition) is 1. The van der Waals surface area contributed by atoms with Gasteiger partial charge in [-0.05, 0) is 19.3 Å². The molecular weight excluding hydrogens is 182 g/mol. The van der Waals surface area contributed by atoms with Gasteiger partial charge in [0, 0.05) is 6.54 Å². The number of nitrogens with zero attached hydrogens (tertiary/aromatic N) is 1. The molecule has 0 aromatic heterocycles. The molecule has 0 bridgehead atoms. The van der Waals surface area contributed by atoms with Crippen molar-refractivity contribution in [3.63, 3.8) is 0 Å². The lowest BCUT2D eigenvalue weighted by Gasteiger charge is -1.99. The summed E-state index contributed by atoms with van der Waals surface area (Å²) in [6, 6.07) is 0. The van der Waals surface area contributed by atoms with Gasteiger partial charge in [-0.1, -0.05) is 15.9 Å². The SMILES string of the molecule is O=C1[N]CCCCC1Br. The van der Waals surface area contributed by atoms with Gasteiger partial charge in [0.15, 0.2) is 0 Å². The van der Waals surface area contributed by atoms with Gasteiger partial charge in [0.25, 0.3) is 5.91 Å². The summed E-state index contributed by atoms with van der Waals surface area (Å²) in [5, 5.41) is 3.82. The summed E-state index contributed by atoms with van der Waals surface area (Å²) < 4.78 is 0. The summed E-state index contributed by atoms with van der Waals surface area (Å²) in [6.07, 6.45) is 3.13. The molecule has 1 atom stereocenters. The second-order valence-corrected chi connectivity index (χ2v) is 3.29. The molecule has 1 aliphatic heterocycles. The van der Waals surface area contributed by atoms with Crippen molar-refractivity contribution in [1.29, 1.82) is 0 Å². The standard InChI is InChI=1S/C6H9BrNO/c7-5-3-1-2-4-8-6(5)9/h5H,1-4H2. The van der Waals surface area contributed by atoms with Gasteiger partial charge in [0.1, 0.15) is 0 Å². The highest BCUT2D eigenvalue weighted by molar-refractivity contribution is 9.10. The average molecular weight is 191 g/mol. The minimum atomic E-state index is -0.000000000000000222. The predicted octanol–water partition coefficient (Wildman–Crippen LogP) is 1.06. The Bertz CT molecular complexity index is 116. The molecule has 1 amide bonds. The van der Waals surface area contributed by atoms with Crippen LogP contribution in [0.1, 0.15) is 19.3 Å². The molecule has 1 fully saturated rings. The number of alkyl halides is 1. The van der Waals surface area contributed by atoms with Crippen molar-refractivity contribution in [2.24, 2.45) is 0 Å². The van der Waals surface area contributed by atoms with Crippen LogP contribution < -0.4 is 5.32 Å². The summed E-state index contributed by atoms with van der Waals surface area (Å²) >= 11 is 3.26. The van der Waals surface area contributed by atoms with Gasteiger partial charge in [-0.2, -0.15) is 0 Å². The largest absolute Gasteiger partial charge is 0.272 e. The molecule has 51 valence electrons. The number of amides is 1. The van der Waals surface area contributed by atoms with Crippen molar-refractivity contribution in [2.45, 2.75) is 24.1 Å². The van der Waals surface area contributed by atoms with Crippen molar-refractivity contribution >= 4 is 21.8 Å². The van der Waals surface area contributed by atoms with Crippen LogP contribution in [0.4, 0.5) is 0 Å². The molecule has 1 unspecified atom stereocenters. The molecule has 1 rings (SSSR count). The molecule has 1 radical (unpaired) electrons. The van der Waals surface area contributed by atoms with Crippen molar-refractivity contribution in [3.05, 3.63) is 0 Å². The zero-order chi connectivity index (χ0) is 6.69. The lowest BCUT2D eigenvalue weighted by atomic mass is 10.2. The highest BCUT2D eigenvalue weighted by atomic mass is 79.9.